The van der Waals surface area contributed by atoms with E-state index in [2.05, 4.69) is 51.3 Å². The van der Waals surface area contributed by atoms with Crippen LogP contribution in [0.1, 0.15) is 30.0 Å². The summed E-state index contributed by atoms with van der Waals surface area (Å²) in [7, 11) is 0. The Hall–Kier alpha value is -2.00. The first kappa shape index (κ1) is 14.0. The molecular formula is C18H21N3. The van der Waals surface area contributed by atoms with Gasteiger partial charge < -0.3 is 0 Å². The van der Waals surface area contributed by atoms with Crippen molar-refractivity contribution in [2.75, 3.05) is 19.6 Å². The van der Waals surface area contributed by atoms with Crippen molar-refractivity contribution in [3.63, 3.8) is 0 Å². The van der Waals surface area contributed by atoms with Gasteiger partial charge in [-0.25, -0.2) is 9.97 Å². The standard InChI is InChI=1S/C18H21N3/c1-2-6-16(7-3-1)8-4-12-21-13-5-9-17(14-21)18-10-11-19-15-20-18/h1-4,6-8,10-11,15,17H,5,9,12-14H2. The Balaban J connectivity index is 1.56. The molecule has 2 heterocycles. The van der Waals surface area contributed by atoms with E-state index in [4.69, 9.17) is 0 Å². The monoisotopic (exact) mass is 279 g/mol. The molecule has 0 bridgehead atoms. The summed E-state index contributed by atoms with van der Waals surface area (Å²) < 4.78 is 0. The molecule has 1 aliphatic heterocycles. The van der Waals surface area contributed by atoms with E-state index in [-0.39, 0.29) is 0 Å². The minimum absolute atomic E-state index is 0.548. The Kier molecular flexibility index (Phi) is 4.74. The van der Waals surface area contributed by atoms with Gasteiger partial charge in [0.2, 0.25) is 0 Å². The molecule has 1 aliphatic rings. The van der Waals surface area contributed by atoms with Gasteiger partial charge in [0.05, 0.1) is 0 Å². The fourth-order valence-corrected chi connectivity index (χ4v) is 2.91. The average Bonchev–Trinajstić information content (AvgIpc) is 2.57. The highest BCUT2D eigenvalue weighted by molar-refractivity contribution is 5.48. The van der Waals surface area contributed by atoms with Crippen LogP contribution < -0.4 is 0 Å². The van der Waals surface area contributed by atoms with Crippen molar-refractivity contribution >= 4 is 6.08 Å². The molecule has 3 rings (SSSR count). The normalized spacial score (nSPS) is 19.9. The van der Waals surface area contributed by atoms with Crippen molar-refractivity contribution in [3.05, 3.63) is 66.3 Å². The molecular weight excluding hydrogens is 258 g/mol. The molecule has 3 nitrogen and oxygen atoms in total. The van der Waals surface area contributed by atoms with Crippen molar-refractivity contribution in [1.82, 2.24) is 14.9 Å². The first-order valence-corrected chi connectivity index (χ1v) is 7.62. The predicted molar refractivity (Wildman–Crippen MR) is 85.9 cm³/mol. The van der Waals surface area contributed by atoms with Crippen molar-refractivity contribution in [1.29, 1.82) is 0 Å². The molecule has 21 heavy (non-hydrogen) atoms. The fourth-order valence-electron chi connectivity index (χ4n) is 2.91. The molecule has 3 heteroatoms. The van der Waals surface area contributed by atoms with Crippen LogP contribution in [0.4, 0.5) is 0 Å². The molecule has 1 atom stereocenters. The lowest BCUT2D eigenvalue weighted by Crippen LogP contribution is -2.34. The van der Waals surface area contributed by atoms with Gasteiger partial charge in [0.25, 0.3) is 0 Å². The van der Waals surface area contributed by atoms with Gasteiger partial charge >= 0.3 is 0 Å². The summed E-state index contributed by atoms with van der Waals surface area (Å²) in [5.41, 5.74) is 2.45. The highest BCUT2D eigenvalue weighted by Gasteiger charge is 2.21. The van der Waals surface area contributed by atoms with Gasteiger partial charge in [-0.05, 0) is 31.0 Å². The largest absolute Gasteiger partial charge is 0.299 e. The van der Waals surface area contributed by atoms with E-state index in [1.54, 1.807) is 6.33 Å². The zero-order chi connectivity index (χ0) is 14.3. The highest BCUT2D eigenvalue weighted by atomic mass is 15.1. The fraction of sp³-hybridized carbons (Fsp3) is 0.333. The van der Waals surface area contributed by atoms with Crippen LogP contribution in [0.5, 0.6) is 0 Å². The van der Waals surface area contributed by atoms with Gasteiger partial charge in [-0.1, -0.05) is 42.5 Å². The van der Waals surface area contributed by atoms with Crippen LogP contribution in [-0.4, -0.2) is 34.5 Å². The molecule has 0 aliphatic carbocycles. The smallest absolute Gasteiger partial charge is 0.115 e. The summed E-state index contributed by atoms with van der Waals surface area (Å²) in [5.74, 6) is 0.548. The van der Waals surface area contributed by atoms with Crippen LogP contribution in [-0.2, 0) is 0 Å². The lowest BCUT2D eigenvalue weighted by Gasteiger charge is -2.31. The Morgan fingerprint density at radius 2 is 2.10 bits per heavy atom. The SMILES string of the molecule is C(=Cc1ccccc1)CN1CCCC(c2ccncn2)C1. The first-order chi connectivity index (χ1) is 10.4. The summed E-state index contributed by atoms with van der Waals surface area (Å²) in [5, 5.41) is 0. The predicted octanol–water partition coefficient (Wildman–Crippen LogP) is 3.37. The Morgan fingerprint density at radius 3 is 2.90 bits per heavy atom. The van der Waals surface area contributed by atoms with Gasteiger partial charge in [0, 0.05) is 30.9 Å². The summed E-state index contributed by atoms with van der Waals surface area (Å²) in [4.78, 5) is 10.9. The molecule has 0 radical (unpaired) electrons. The van der Waals surface area contributed by atoms with Gasteiger partial charge in [-0.2, -0.15) is 0 Å². The minimum Gasteiger partial charge on any atom is -0.299 e. The van der Waals surface area contributed by atoms with Crippen LogP contribution >= 0.6 is 0 Å². The number of hydrogen-bond donors (Lipinski definition) is 0. The maximum absolute atomic E-state index is 4.41. The molecule has 0 spiro atoms. The molecule has 2 aromatic rings. The van der Waals surface area contributed by atoms with Crippen molar-refractivity contribution in [2.24, 2.45) is 0 Å². The molecule has 1 fully saturated rings. The lowest BCUT2D eigenvalue weighted by atomic mass is 9.94. The second-order valence-electron chi connectivity index (χ2n) is 5.55. The van der Waals surface area contributed by atoms with Gasteiger partial charge in [0.15, 0.2) is 0 Å². The molecule has 1 unspecified atom stereocenters. The number of rotatable bonds is 4. The number of piperidine rings is 1. The summed E-state index contributed by atoms with van der Waals surface area (Å²) in [6.45, 7) is 3.29. The van der Waals surface area contributed by atoms with Gasteiger partial charge in [-0.3, -0.25) is 4.90 Å². The first-order valence-electron chi connectivity index (χ1n) is 7.62. The van der Waals surface area contributed by atoms with Crippen LogP contribution in [0.2, 0.25) is 0 Å². The highest BCUT2D eigenvalue weighted by Crippen LogP contribution is 2.24. The Morgan fingerprint density at radius 1 is 1.19 bits per heavy atom. The van der Waals surface area contributed by atoms with Crippen molar-refractivity contribution in [3.8, 4) is 0 Å². The van der Waals surface area contributed by atoms with E-state index in [9.17, 15) is 0 Å². The van der Waals surface area contributed by atoms with E-state index >= 15 is 0 Å². The van der Waals surface area contributed by atoms with E-state index in [1.807, 2.05) is 18.3 Å². The van der Waals surface area contributed by atoms with Crippen molar-refractivity contribution in [2.45, 2.75) is 18.8 Å². The van der Waals surface area contributed by atoms with E-state index in [1.165, 1.54) is 30.6 Å². The van der Waals surface area contributed by atoms with Gasteiger partial charge in [0.1, 0.15) is 6.33 Å². The number of hydrogen-bond acceptors (Lipinski definition) is 3. The van der Waals surface area contributed by atoms with Gasteiger partial charge in [-0.15, -0.1) is 0 Å². The number of aromatic nitrogens is 2. The second-order valence-corrected chi connectivity index (χ2v) is 5.55. The molecule has 1 saturated heterocycles. The molecule has 0 N–H and O–H groups in total. The third kappa shape index (κ3) is 3.99. The molecule has 108 valence electrons. The maximum atomic E-state index is 4.41. The molecule has 1 aromatic carbocycles. The number of likely N-dealkylation sites (tertiary alicyclic amines) is 1. The third-order valence-corrected chi connectivity index (χ3v) is 4.00. The summed E-state index contributed by atoms with van der Waals surface area (Å²) in [6.07, 6.45) is 10.4. The topological polar surface area (TPSA) is 29.0 Å². The van der Waals surface area contributed by atoms with E-state index in [0.717, 1.165) is 13.1 Å². The number of nitrogens with zero attached hydrogens (tertiary/aromatic N) is 3. The molecule has 1 aromatic heterocycles. The zero-order valence-electron chi connectivity index (χ0n) is 12.2. The van der Waals surface area contributed by atoms with Crippen LogP contribution in [0.25, 0.3) is 6.08 Å². The van der Waals surface area contributed by atoms with Crippen LogP contribution in [0, 0.1) is 0 Å². The lowest BCUT2D eigenvalue weighted by molar-refractivity contribution is 0.226. The van der Waals surface area contributed by atoms with Crippen LogP contribution in [0.3, 0.4) is 0 Å². The Labute approximate surface area is 126 Å². The molecule has 0 saturated carbocycles. The van der Waals surface area contributed by atoms with Crippen molar-refractivity contribution < 1.29 is 0 Å². The quantitative estimate of drug-likeness (QED) is 0.859. The summed E-state index contributed by atoms with van der Waals surface area (Å²) >= 11 is 0. The molecule has 0 amide bonds. The number of benzene rings is 1. The second kappa shape index (κ2) is 7.14. The average molecular weight is 279 g/mol. The minimum atomic E-state index is 0.548. The van der Waals surface area contributed by atoms with Crippen LogP contribution in [0.15, 0.2) is 55.0 Å². The van der Waals surface area contributed by atoms with E-state index in [0.29, 0.717) is 5.92 Å². The Bertz CT molecular complexity index is 566. The maximum Gasteiger partial charge on any atom is 0.115 e. The summed E-state index contributed by atoms with van der Waals surface area (Å²) in [6, 6.07) is 12.5. The van der Waals surface area contributed by atoms with E-state index < -0.39 is 0 Å². The zero-order valence-corrected chi connectivity index (χ0v) is 12.2. The third-order valence-electron chi connectivity index (χ3n) is 4.00.